The zero-order valence-electron chi connectivity index (χ0n) is 10.5. The molecule has 0 spiro atoms. The fraction of sp³-hybridized carbons (Fsp3) is 0.455. The smallest absolute Gasteiger partial charge is 0.492 e. The van der Waals surface area contributed by atoms with E-state index >= 15 is 0 Å². The lowest BCUT2D eigenvalue weighted by Crippen LogP contribution is -2.28. The summed E-state index contributed by atoms with van der Waals surface area (Å²) < 4.78 is 11.2. The number of nitro groups is 1. The molecule has 0 aliphatic carbocycles. The second kappa shape index (κ2) is 6.53. The average molecular weight is 346 g/mol. The second-order valence-electron chi connectivity index (χ2n) is 4.33. The molecule has 0 saturated heterocycles. The first-order valence-electron chi connectivity index (χ1n) is 6.05. The van der Waals surface area contributed by atoms with Crippen molar-refractivity contribution in [3.8, 4) is 5.75 Å². The SMILES string of the molecule is O=[N+]([O-])CC1OB(O)c2cc(OCCCO)cc(Br)c21. The van der Waals surface area contributed by atoms with Crippen LogP contribution in [0.5, 0.6) is 5.75 Å². The van der Waals surface area contributed by atoms with Crippen LogP contribution < -0.4 is 10.2 Å². The summed E-state index contributed by atoms with van der Waals surface area (Å²) in [4.78, 5) is 10.1. The lowest BCUT2D eigenvalue weighted by molar-refractivity contribution is -0.490. The molecule has 1 aliphatic heterocycles. The largest absolute Gasteiger partial charge is 0.493 e. The Kier molecular flexibility index (Phi) is 4.98. The van der Waals surface area contributed by atoms with E-state index in [0.717, 1.165) is 0 Å². The van der Waals surface area contributed by atoms with Crippen LogP contribution in [0, 0.1) is 10.1 Å². The highest BCUT2D eigenvalue weighted by Crippen LogP contribution is 2.33. The van der Waals surface area contributed by atoms with Crippen molar-refractivity contribution < 1.29 is 24.4 Å². The second-order valence-corrected chi connectivity index (χ2v) is 5.18. The van der Waals surface area contributed by atoms with Crippen LogP contribution in [-0.2, 0) is 4.65 Å². The van der Waals surface area contributed by atoms with Gasteiger partial charge in [-0.15, -0.1) is 0 Å². The van der Waals surface area contributed by atoms with Crippen molar-refractivity contribution in [3.05, 3.63) is 32.3 Å². The molecule has 0 bridgehead atoms. The molecule has 20 heavy (non-hydrogen) atoms. The van der Waals surface area contributed by atoms with Gasteiger partial charge in [-0.2, -0.15) is 0 Å². The Morgan fingerprint density at radius 3 is 2.95 bits per heavy atom. The van der Waals surface area contributed by atoms with Crippen LogP contribution in [0.2, 0.25) is 0 Å². The summed E-state index contributed by atoms with van der Waals surface area (Å²) in [7, 11) is -1.20. The Balaban J connectivity index is 2.23. The van der Waals surface area contributed by atoms with Gasteiger partial charge < -0.3 is 19.5 Å². The highest BCUT2D eigenvalue weighted by Gasteiger charge is 2.39. The maximum atomic E-state index is 10.6. The summed E-state index contributed by atoms with van der Waals surface area (Å²) in [6, 6.07) is 3.27. The molecule has 2 rings (SSSR count). The Hall–Kier alpha value is -1.16. The molecule has 1 aromatic carbocycles. The minimum atomic E-state index is -1.20. The topological polar surface area (TPSA) is 102 Å². The Morgan fingerprint density at radius 1 is 1.55 bits per heavy atom. The van der Waals surface area contributed by atoms with Crippen molar-refractivity contribution in [2.45, 2.75) is 12.5 Å². The van der Waals surface area contributed by atoms with E-state index in [0.29, 0.717) is 34.3 Å². The lowest BCUT2D eigenvalue weighted by Gasteiger charge is -2.11. The monoisotopic (exact) mass is 345 g/mol. The Morgan fingerprint density at radius 2 is 2.30 bits per heavy atom. The first-order chi connectivity index (χ1) is 9.52. The molecule has 0 fully saturated rings. The van der Waals surface area contributed by atoms with Crippen LogP contribution in [0.25, 0.3) is 0 Å². The van der Waals surface area contributed by atoms with Crippen molar-refractivity contribution in [2.75, 3.05) is 19.8 Å². The van der Waals surface area contributed by atoms with E-state index in [-0.39, 0.29) is 6.61 Å². The Labute approximate surface area is 123 Å². The third kappa shape index (κ3) is 3.29. The van der Waals surface area contributed by atoms with Crippen LogP contribution in [0.4, 0.5) is 0 Å². The molecule has 0 aromatic heterocycles. The fourth-order valence-corrected chi connectivity index (χ4v) is 2.77. The summed E-state index contributed by atoms with van der Waals surface area (Å²) in [5.41, 5.74) is 1.04. The quantitative estimate of drug-likeness (QED) is 0.331. The third-order valence-corrected chi connectivity index (χ3v) is 3.56. The summed E-state index contributed by atoms with van der Waals surface area (Å²) in [6.45, 7) is -0.0346. The summed E-state index contributed by atoms with van der Waals surface area (Å²) >= 11 is 3.32. The van der Waals surface area contributed by atoms with Gasteiger partial charge in [0.15, 0.2) is 0 Å². The van der Waals surface area contributed by atoms with Gasteiger partial charge in [0.1, 0.15) is 11.9 Å². The molecule has 0 amide bonds. The molecule has 0 saturated carbocycles. The molecule has 108 valence electrons. The van der Waals surface area contributed by atoms with Crippen molar-refractivity contribution >= 4 is 28.5 Å². The van der Waals surface area contributed by atoms with Crippen LogP contribution in [0.15, 0.2) is 16.6 Å². The molecule has 9 heteroatoms. The molecular formula is C11H13BBrNO6. The van der Waals surface area contributed by atoms with Gasteiger partial charge in [0.2, 0.25) is 6.54 Å². The summed E-state index contributed by atoms with van der Waals surface area (Å²) in [6.07, 6.45) is -0.284. The van der Waals surface area contributed by atoms with E-state index in [4.69, 9.17) is 14.5 Å². The predicted octanol–water partition coefficient (Wildman–Crippen LogP) is 0.246. The molecule has 0 radical (unpaired) electrons. The summed E-state index contributed by atoms with van der Waals surface area (Å²) in [5, 5.41) is 29.1. The van der Waals surface area contributed by atoms with Gasteiger partial charge >= 0.3 is 7.12 Å². The zero-order chi connectivity index (χ0) is 14.7. The van der Waals surface area contributed by atoms with Gasteiger partial charge in [-0.3, -0.25) is 10.1 Å². The molecule has 1 unspecified atom stereocenters. The van der Waals surface area contributed by atoms with Crippen LogP contribution in [-0.4, -0.2) is 41.9 Å². The van der Waals surface area contributed by atoms with E-state index in [9.17, 15) is 15.1 Å². The van der Waals surface area contributed by atoms with Crippen molar-refractivity contribution in [3.63, 3.8) is 0 Å². The first kappa shape index (κ1) is 15.2. The predicted molar refractivity (Wildman–Crippen MR) is 74.6 cm³/mol. The molecule has 2 N–H and O–H groups in total. The van der Waals surface area contributed by atoms with E-state index in [1.54, 1.807) is 12.1 Å². The molecule has 7 nitrogen and oxygen atoms in total. The van der Waals surface area contributed by atoms with Crippen molar-refractivity contribution in [2.24, 2.45) is 0 Å². The number of ether oxygens (including phenoxy) is 1. The van der Waals surface area contributed by atoms with Gasteiger partial charge in [-0.05, 0) is 17.6 Å². The Bertz CT molecular complexity index is 514. The molecule has 1 aromatic rings. The zero-order valence-corrected chi connectivity index (χ0v) is 12.1. The molecular weight excluding hydrogens is 333 g/mol. The number of fused-ring (bicyclic) bond motifs is 1. The van der Waals surface area contributed by atoms with E-state index < -0.39 is 24.7 Å². The maximum Gasteiger partial charge on any atom is 0.492 e. The minimum absolute atomic E-state index is 0.0305. The summed E-state index contributed by atoms with van der Waals surface area (Å²) in [5.74, 6) is 0.508. The van der Waals surface area contributed by atoms with Crippen LogP contribution >= 0.6 is 15.9 Å². The average Bonchev–Trinajstić information content (AvgIpc) is 2.66. The number of nitrogens with zero attached hydrogens (tertiary/aromatic N) is 1. The van der Waals surface area contributed by atoms with Gasteiger partial charge in [-0.25, -0.2) is 0 Å². The van der Waals surface area contributed by atoms with Gasteiger partial charge in [0, 0.05) is 28.0 Å². The van der Waals surface area contributed by atoms with Crippen molar-refractivity contribution in [1.29, 1.82) is 0 Å². The molecule has 1 heterocycles. The van der Waals surface area contributed by atoms with E-state index in [1.165, 1.54) is 0 Å². The normalized spacial score (nSPS) is 17.1. The maximum absolute atomic E-state index is 10.6. The van der Waals surface area contributed by atoms with Crippen LogP contribution in [0.3, 0.4) is 0 Å². The molecule has 1 atom stereocenters. The number of aliphatic hydroxyl groups excluding tert-OH is 1. The van der Waals surface area contributed by atoms with Crippen molar-refractivity contribution in [1.82, 2.24) is 0 Å². The van der Waals surface area contributed by atoms with Gasteiger partial charge in [0.05, 0.1) is 6.61 Å². The number of rotatable bonds is 6. The number of hydrogen-bond donors (Lipinski definition) is 2. The number of benzene rings is 1. The minimum Gasteiger partial charge on any atom is -0.493 e. The van der Waals surface area contributed by atoms with E-state index in [2.05, 4.69) is 15.9 Å². The molecule has 1 aliphatic rings. The lowest BCUT2D eigenvalue weighted by atomic mass is 9.79. The number of aliphatic hydroxyl groups is 1. The highest BCUT2D eigenvalue weighted by atomic mass is 79.9. The highest BCUT2D eigenvalue weighted by molar-refractivity contribution is 9.10. The van der Waals surface area contributed by atoms with E-state index in [1.807, 2.05) is 0 Å². The first-order valence-corrected chi connectivity index (χ1v) is 6.84. The third-order valence-electron chi connectivity index (χ3n) is 2.90. The van der Waals surface area contributed by atoms with Crippen LogP contribution in [0.1, 0.15) is 18.1 Å². The van der Waals surface area contributed by atoms with Gasteiger partial charge in [0.25, 0.3) is 0 Å². The van der Waals surface area contributed by atoms with Gasteiger partial charge in [-0.1, -0.05) is 15.9 Å². The standard InChI is InChI=1S/C11H13BBrNO6/c13-9-5-7(19-3-1-2-15)4-8-11(9)10(6-14(17)18)20-12(8)16/h4-5,10,15-16H,1-3,6H2. The number of halogens is 1. The number of hydrogen-bond acceptors (Lipinski definition) is 6. The fourth-order valence-electron chi connectivity index (χ4n) is 2.06.